The number of hydrogen-bond acceptors (Lipinski definition) is 6. The SMILES string of the molecule is COc1ccc(C2c3cccn3CCCN2Cc2ccc([N+](=O)[O-])cc2)c(OC)c1OC. The van der Waals surface area contributed by atoms with E-state index < -0.39 is 0 Å². The number of aromatic nitrogens is 1. The Bertz CT molecular complexity index is 1090. The number of hydrogen-bond donors (Lipinski definition) is 0. The van der Waals surface area contributed by atoms with Gasteiger partial charge < -0.3 is 18.8 Å². The molecule has 0 bridgehead atoms. The van der Waals surface area contributed by atoms with E-state index in [0.717, 1.165) is 36.3 Å². The smallest absolute Gasteiger partial charge is 0.269 e. The minimum Gasteiger partial charge on any atom is -0.493 e. The molecule has 0 spiro atoms. The second-order valence-corrected chi connectivity index (χ2v) is 7.70. The number of aryl methyl sites for hydroxylation is 1. The lowest BCUT2D eigenvalue weighted by atomic mass is 9.99. The van der Waals surface area contributed by atoms with Crippen molar-refractivity contribution in [1.82, 2.24) is 9.47 Å². The van der Waals surface area contributed by atoms with E-state index in [2.05, 4.69) is 27.8 Å². The first-order valence-corrected chi connectivity index (χ1v) is 10.5. The molecule has 1 aliphatic heterocycles. The summed E-state index contributed by atoms with van der Waals surface area (Å²) in [5.41, 5.74) is 3.25. The van der Waals surface area contributed by atoms with Gasteiger partial charge in [-0.05, 0) is 36.2 Å². The summed E-state index contributed by atoms with van der Waals surface area (Å²) in [6.07, 6.45) is 3.09. The zero-order valence-corrected chi connectivity index (χ0v) is 18.5. The highest BCUT2D eigenvalue weighted by atomic mass is 16.6. The summed E-state index contributed by atoms with van der Waals surface area (Å²) in [7, 11) is 4.85. The molecule has 8 heteroatoms. The van der Waals surface area contributed by atoms with Crippen LogP contribution in [-0.2, 0) is 13.1 Å². The van der Waals surface area contributed by atoms with Crippen LogP contribution in [0.15, 0.2) is 54.7 Å². The molecule has 1 aliphatic rings. The van der Waals surface area contributed by atoms with E-state index in [1.165, 1.54) is 0 Å². The van der Waals surface area contributed by atoms with Crippen LogP contribution in [0.25, 0.3) is 0 Å². The van der Waals surface area contributed by atoms with Crippen LogP contribution in [0.1, 0.15) is 29.3 Å². The number of ether oxygens (including phenoxy) is 3. The van der Waals surface area contributed by atoms with E-state index in [0.29, 0.717) is 23.8 Å². The maximum Gasteiger partial charge on any atom is 0.269 e. The fraction of sp³-hybridized carbons (Fsp3) is 0.333. The summed E-state index contributed by atoms with van der Waals surface area (Å²) in [6, 6.07) is 14.8. The molecule has 168 valence electrons. The topological polar surface area (TPSA) is 79.0 Å². The van der Waals surface area contributed by atoms with E-state index in [9.17, 15) is 10.1 Å². The number of methoxy groups -OCH3 is 3. The van der Waals surface area contributed by atoms with Gasteiger partial charge in [0, 0.05) is 49.2 Å². The lowest BCUT2D eigenvalue weighted by Gasteiger charge is -2.32. The molecule has 0 N–H and O–H groups in total. The molecule has 1 atom stereocenters. The number of nitro groups is 1. The molecule has 1 unspecified atom stereocenters. The zero-order valence-electron chi connectivity index (χ0n) is 18.5. The molecule has 2 aromatic carbocycles. The number of non-ortho nitro benzene ring substituents is 1. The maximum atomic E-state index is 11.0. The van der Waals surface area contributed by atoms with Crippen LogP contribution < -0.4 is 14.2 Å². The Kier molecular flexibility index (Phi) is 6.32. The summed E-state index contributed by atoms with van der Waals surface area (Å²) in [6.45, 7) is 2.43. The van der Waals surface area contributed by atoms with E-state index in [1.807, 2.05) is 24.3 Å². The normalized spacial score (nSPS) is 16.2. The van der Waals surface area contributed by atoms with Crippen LogP contribution in [0.4, 0.5) is 5.69 Å². The molecule has 2 heterocycles. The number of benzene rings is 2. The third-order valence-electron chi connectivity index (χ3n) is 5.92. The summed E-state index contributed by atoms with van der Waals surface area (Å²) < 4.78 is 19.2. The molecule has 1 aromatic heterocycles. The van der Waals surface area contributed by atoms with Crippen LogP contribution in [-0.4, -0.2) is 42.3 Å². The van der Waals surface area contributed by atoms with E-state index in [1.54, 1.807) is 33.5 Å². The first-order chi connectivity index (χ1) is 15.6. The predicted octanol–water partition coefficient (Wildman–Crippen LogP) is 4.42. The molecule has 0 radical (unpaired) electrons. The van der Waals surface area contributed by atoms with Gasteiger partial charge in [-0.15, -0.1) is 0 Å². The molecule has 0 saturated heterocycles. The van der Waals surface area contributed by atoms with Gasteiger partial charge in [0.1, 0.15) is 0 Å². The van der Waals surface area contributed by atoms with Gasteiger partial charge >= 0.3 is 0 Å². The van der Waals surface area contributed by atoms with Crippen LogP contribution in [0.5, 0.6) is 17.2 Å². The van der Waals surface area contributed by atoms with Crippen molar-refractivity contribution < 1.29 is 19.1 Å². The van der Waals surface area contributed by atoms with Crippen LogP contribution in [0, 0.1) is 10.1 Å². The van der Waals surface area contributed by atoms with E-state index in [-0.39, 0.29) is 16.7 Å². The average molecular weight is 437 g/mol. The van der Waals surface area contributed by atoms with E-state index >= 15 is 0 Å². The van der Waals surface area contributed by atoms with Gasteiger partial charge in [-0.25, -0.2) is 0 Å². The fourth-order valence-electron chi connectivity index (χ4n) is 4.46. The van der Waals surface area contributed by atoms with Gasteiger partial charge in [-0.2, -0.15) is 0 Å². The third kappa shape index (κ3) is 4.01. The summed E-state index contributed by atoms with van der Waals surface area (Å²) in [5, 5.41) is 11.0. The van der Waals surface area contributed by atoms with Crippen LogP contribution in [0.3, 0.4) is 0 Å². The molecule has 32 heavy (non-hydrogen) atoms. The van der Waals surface area contributed by atoms with Crippen molar-refractivity contribution in [3.05, 3.63) is 81.7 Å². The molecule has 8 nitrogen and oxygen atoms in total. The Morgan fingerprint density at radius 2 is 1.72 bits per heavy atom. The molecule has 4 rings (SSSR count). The van der Waals surface area contributed by atoms with Gasteiger partial charge in [0.15, 0.2) is 11.5 Å². The van der Waals surface area contributed by atoms with Crippen molar-refractivity contribution in [3.63, 3.8) is 0 Å². The Morgan fingerprint density at radius 1 is 0.969 bits per heavy atom. The highest BCUT2D eigenvalue weighted by Crippen LogP contribution is 2.46. The van der Waals surface area contributed by atoms with Crippen LogP contribution in [0.2, 0.25) is 0 Å². The van der Waals surface area contributed by atoms with Crippen molar-refractivity contribution in [1.29, 1.82) is 0 Å². The Balaban J connectivity index is 1.79. The van der Waals surface area contributed by atoms with Crippen molar-refractivity contribution in [3.8, 4) is 17.2 Å². The first kappa shape index (κ1) is 21.7. The quantitative estimate of drug-likeness (QED) is 0.402. The molecule has 3 aromatic rings. The number of nitrogens with zero attached hydrogens (tertiary/aromatic N) is 3. The molecular weight excluding hydrogens is 410 g/mol. The van der Waals surface area contributed by atoms with Crippen molar-refractivity contribution in [2.75, 3.05) is 27.9 Å². The minimum atomic E-state index is -0.375. The number of nitro benzene ring substituents is 1. The third-order valence-corrected chi connectivity index (χ3v) is 5.92. The van der Waals surface area contributed by atoms with Crippen molar-refractivity contribution >= 4 is 5.69 Å². The van der Waals surface area contributed by atoms with Crippen molar-refractivity contribution in [2.24, 2.45) is 0 Å². The molecule has 0 saturated carbocycles. The van der Waals surface area contributed by atoms with Crippen molar-refractivity contribution in [2.45, 2.75) is 25.6 Å². The largest absolute Gasteiger partial charge is 0.493 e. The minimum absolute atomic E-state index is 0.0857. The summed E-state index contributed by atoms with van der Waals surface area (Å²) >= 11 is 0. The number of rotatable bonds is 7. The molecular formula is C24H27N3O5. The highest BCUT2D eigenvalue weighted by Gasteiger charge is 2.32. The molecule has 0 amide bonds. The van der Waals surface area contributed by atoms with Gasteiger partial charge in [0.25, 0.3) is 5.69 Å². The number of fused-ring (bicyclic) bond motifs is 1. The second-order valence-electron chi connectivity index (χ2n) is 7.70. The van der Waals surface area contributed by atoms with Gasteiger partial charge in [0.2, 0.25) is 5.75 Å². The standard InChI is InChI=1S/C24H27N3O5/c1-30-21-12-11-19(23(31-2)24(21)32-3)22-20-6-4-13-25(20)14-5-15-26(22)16-17-7-9-18(10-8-17)27(28)29/h4,6-13,22H,5,14-16H2,1-3H3. The monoisotopic (exact) mass is 437 g/mol. The summed E-state index contributed by atoms with van der Waals surface area (Å²) in [4.78, 5) is 13.0. The second kappa shape index (κ2) is 9.32. The zero-order chi connectivity index (χ0) is 22.7. The lowest BCUT2D eigenvalue weighted by molar-refractivity contribution is -0.384. The maximum absolute atomic E-state index is 11.0. The Morgan fingerprint density at radius 3 is 2.38 bits per heavy atom. The fourth-order valence-corrected chi connectivity index (χ4v) is 4.46. The van der Waals surface area contributed by atoms with Gasteiger partial charge in [-0.1, -0.05) is 12.1 Å². The Hall–Kier alpha value is -3.52. The Labute approximate surface area is 187 Å². The molecule has 0 aliphatic carbocycles. The van der Waals surface area contributed by atoms with Gasteiger partial charge in [0.05, 0.1) is 32.3 Å². The first-order valence-electron chi connectivity index (χ1n) is 10.5. The summed E-state index contributed by atoms with van der Waals surface area (Å²) in [5.74, 6) is 1.81. The average Bonchev–Trinajstić information content (AvgIpc) is 3.20. The van der Waals surface area contributed by atoms with Gasteiger partial charge in [-0.3, -0.25) is 15.0 Å². The van der Waals surface area contributed by atoms with Crippen LogP contribution >= 0.6 is 0 Å². The van der Waals surface area contributed by atoms with E-state index in [4.69, 9.17) is 14.2 Å². The lowest BCUT2D eigenvalue weighted by Crippen LogP contribution is -2.30. The highest BCUT2D eigenvalue weighted by molar-refractivity contribution is 5.58. The predicted molar refractivity (Wildman–Crippen MR) is 120 cm³/mol. The molecule has 0 fully saturated rings.